The maximum atomic E-state index is 13.6. The lowest BCUT2D eigenvalue weighted by molar-refractivity contribution is -0.139. The number of oxazole rings is 1. The van der Waals surface area contributed by atoms with Crippen LogP contribution in [0.4, 0.5) is 19.2 Å². The molecule has 2 unspecified atom stereocenters. The first-order valence-corrected chi connectivity index (χ1v) is 11.2. The Morgan fingerprint density at radius 1 is 1.21 bits per heavy atom. The summed E-state index contributed by atoms with van der Waals surface area (Å²) < 4.78 is 52.5. The van der Waals surface area contributed by atoms with Crippen LogP contribution in [0, 0.1) is 6.92 Å². The Labute approximate surface area is 189 Å². The van der Waals surface area contributed by atoms with E-state index in [2.05, 4.69) is 25.5 Å². The highest BCUT2D eigenvalue weighted by molar-refractivity contribution is 7.13. The summed E-state index contributed by atoms with van der Waals surface area (Å²) in [5.74, 6) is -0.534. The van der Waals surface area contributed by atoms with Crippen LogP contribution < -0.4 is 15.0 Å². The highest BCUT2D eigenvalue weighted by atomic mass is 32.1. The van der Waals surface area contributed by atoms with Crippen molar-refractivity contribution in [3.05, 3.63) is 41.0 Å². The summed E-state index contributed by atoms with van der Waals surface area (Å²) >= 11 is 1.43. The first-order chi connectivity index (χ1) is 15.8. The van der Waals surface area contributed by atoms with Gasteiger partial charge in [0.15, 0.2) is 16.8 Å². The molecule has 4 aromatic rings. The van der Waals surface area contributed by atoms with Gasteiger partial charge in [0.05, 0.1) is 11.3 Å². The smallest absolute Gasteiger partial charge is 0.421 e. The summed E-state index contributed by atoms with van der Waals surface area (Å²) in [5, 5.41) is 13.4. The number of nitrogens with zero attached hydrogens (tertiary/aromatic N) is 5. The van der Waals surface area contributed by atoms with Gasteiger partial charge >= 0.3 is 6.18 Å². The minimum Gasteiger partial charge on any atom is -0.435 e. The van der Waals surface area contributed by atoms with E-state index in [4.69, 9.17) is 9.15 Å². The number of piperidine rings is 1. The van der Waals surface area contributed by atoms with Crippen molar-refractivity contribution in [3.8, 4) is 22.2 Å². The molecule has 33 heavy (non-hydrogen) atoms. The van der Waals surface area contributed by atoms with Crippen LogP contribution in [0.1, 0.15) is 17.7 Å². The number of halogens is 3. The zero-order valence-corrected chi connectivity index (χ0v) is 18.1. The van der Waals surface area contributed by atoms with Gasteiger partial charge in [0.1, 0.15) is 10.6 Å². The summed E-state index contributed by atoms with van der Waals surface area (Å²) in [6.07, 6.45) is -1.86. The zero-order valence-electron chi connectivity index (χ0n) is 17.3. The van der Waals surface area contributed by atoms with Crippen LogP contribution in [0.2, 0.25) is 0 Å². The zero-order chi connectivity index (χ0) is 22.7. The fourth-order valence-electron chi connectivity index (χ4n) is 4.24. The lowest BCUT2D eigenvalue weighted by atomic mass is 9.92. The largest absolute Gasteiger partial charge is 0.435 e. The van der Waals surface area contributed by atoms with Crippen LogP contribution >= 0.6 is 11.3 Å². The lowest BCUT2D eigenvalue weighted by Gasteiger charge is -2.47. The van der Waals surface area contributed by atoms with Gasteiger partial charge in [-0.3, -0.25) is 0 Å². The molecular weight excluding hydrogens is 457 g/mol. The molecule has 0 amide bonds. The number of aromatic nitrogens is 4. The van der Waals surface area contributed by atoms with Crippen LogP contribution in [0.5, 0.6) is 11.6 Å². The number of rotatable bonds is 4. The van der Waals surface area contributed by atoms with Gasteiger partial charge in [-0.25, -0.2) is 4.98 Å². The molecule has 3 aliphatic heterocycles. The molecule has 7 rings (SSSR count). The van der Waals surface area contributed by atoms with Crippen molar-refractivity contribution in [1.29, 1.82) is 0 Å². The molecule has 1 N–H and O–H groups in total. The fraction of sp³-hybridized carbons (Fsp3) is 0.333. The van der Waals surface area contributed by atoms with Crippen molar-refractivity contribution in [1.82, 2.24) is 25.5 Å². The van der Waals surface area contributed by atoms with E-state index in [1.54, 1.807) is 18.3 Å². The van der Waals surface area contributed by atoms with E-state index in [1.807, 2.05) is 10.3 Å². The Balaban J connectivity index is 1.46. The van der Waals surface area contributed by atoms with Crippen LogP contribution in [-0.2, 0) is 6.18 Å². The van der Waals surface area contributed by atoms with E-state index in [-0.39, 0.29) is 11.4 Å². The second-order valence-electron chi connectivity index (χ2n) is 8.13. The Morgan fingerprint density at radius 2 is 2.00 bits per heavy atom. The normalized spacial score (nSPS) is 20.2. The number of thiazole rings is 1. The molecule has 170 valence electrons. The topological polar surface area (TPSA) is 89.2 Å². The minimum absolute atomic E-state index is 0.101. The SMILES string of the molecule is Cc1cc(C(F)(F)F)c(Oc2ccc(-c3nccs3)c3oc(N4CC5CC(C4)N5)nc23)nn1. The average Bonchev–Trinajstić information content (AvgIpc) is 3.44. The number of hydrogen-bond acceptors (Lipinski definition) is 9. The first kappa shape index (κ1) is 20.4. The third-order valence-electron chi connectivity index (χ3n) is 5.74. The standard InChI is InChI=1S/C21H17F3N6O2S/c1-10-6-14(21(22,23)24)18(29-28-10)31-15-3-2-13(19-25-4-5-33-19)17-16(15)27-20(32-17)30-8-11-7-12(9-30)26-11/h2-6,11-12,26H,7-9H2,1H3. The van der Waals surface area contributed by atoms with E-state index in [0.29, 0.717) is 39.8 Å². The van der Waals surface area contributed by atoms with Gasteiger partial charge in [-0.15, -0.1) is 16.4 Å². The van der Waals surface area contributed by atoms with E-state index in [9.17, 15) is 13.2 Å². The Morgan fingerprint density at radius 3 is 2.70 bits per heavy atom. The van der Waals surface area contributed by atoms with Crippen molar-refractivity contribution in [2.45, 2.75) is 31.6 Å². The summed E-state index contributed by atoms with van der Waals surface area (Å²) in [6.45, 7) is 2.93. The van der Waals surface area contributed by atoms with Gasteiger partial charge in [0, 0.05) is 36.8 Å². The summed E-state index contributed by atoms with van der Waals surface area (Å²) in [5.41, 5.74) is 0.536. The molecule has 0 spiro atoms. The van der Waals surface area contributed by atoms with Crippen LogP contribution in [0.25, 0.3) is 21.7 Å². The van der Waals surface area contributed by atoms with E-state index in [0.717, 1.165) is 25.6 Å². The molecule has 3 fully saturated rings. The van der Waals surface area contributed by atoms with Crippen LogP contribution in [-0.4, -0.2) is 45.3 Å². The van der Waals surface area contributed by atoms with Crippen molar-refractivity contribution < 1.29 is 22.3 Å². The molecule has 2 atom stereocenters. The number of aryl methyl sites for hydroxylation is 1. The third kappa shape index (κ3) is 3.59. The van der Waals surface area contributed by atoms with Gasteiger partial charge in [0.25, 0.3) is 11.9 Å². The van der Waals surface area contributed by atoms with Crippen molar-refractivity contribution >= 4 is 28.5 Å². The molecule has 3 saturated heterocycles. The highest BCUT2D eigenvalue weighted by Crippen LogP contribution is 2.42. The van der Waals surface area contributed by atoms with Gasteiger partial charge in [0.2, 0.25) is 0 Å². The number of hydrogen-bond donors (Lipinski definition) is 1. The Kier molecular flexibility index (Phi) is 4.56. The third-order valence-corrected chi connectivity index (χ3v) is 6.55. The molecule has 0 saturated carbocycles. The molecule has 0 radical (unpaired) electrons. The Hall–Kier alpha value is -3.25. The molecule has 3 aromatic heterocycles. The second kappa shape index (κ2) is 7.39. The second-order valence-corrected chi connectivity index (χ2v) is 9.02. The number of fused-ring (bicyclic) bond motifs is 3. The van der Waals surface area contributed by atoms with Gasteiger partial charge in [-0.05, 0) is 31.5 Å². The predicted molar refractivity (Wildman–Crippen MR) is 115 cm³/mol. The lowest BCUT2D eigenvalue weighted by Crippen LogP contribution is -2.67. The van der Waals surface area contributed by atoms with Crippen LogP contribution in [0.15, 0.2) is 34.2 Å². The van der Waals surface area contributed by atoms with E-state index < -0.39 is 17.6 Å². The van der Waals surface area contributed by atoms with E-state index >= 15 is 0 Å². The van der Waals surface area contributed by atoms with E-state index in [1.165, 1.54) is 18.3 Å². The summed E-state index contributed by atoms with van der Waals surface area (Å²) in [4.78, 5) is 11.0. The molecule has 0 aliphatic carbocycles. The summed E-state index contributed by atoms with van der Waals surface area (Å²) in [6, 6.07) is 5.33. The monoisotopic (exact) mass is 474 g/mol. The minimum atomic E-state index is -4.65. The molecule has 3 aliphatic rings. The van der Waals surface area contributed by atoms with Gasteiger partial charge in [-0.2, -0.15) is 23.3 Å². The number of alkyl halides is 3. The van der Waals surface area contributed by atoms with Crippen molar-refractivity contribution in [3.63, 3.8) is 0 Å². The fourth-order valence-corrected chi connectivity index (χ4v) is 4.90. The number of benzene rings is 1. The number of piperazine rings is 1. The number of ether oxygens (including phenoxy) is 1. The quantitative estimate of drug-likeness (QED) is 0.465. The number of anilines is 1. The first-order valence-electron chi connectivity index (χ1n) is 10.3. The highest BCUT2D eigenvalue weighted by Gasteiger charge is 2.39. The Bertz CT molecular complexity index is 1320. The molecule has 6 heterocycles. The average molecular weight is 474 g/mol. The van der Waals surface area contributed by atoms with Crippen molar-refractivity contribution in [2.75, 3.05) is 18.0 Å². The molecule has 1 aromatic carbocycles. The number of nitrogens with one attached hydrogen (secondary N) is 1. The maximum Gasteiger partial charge on any atom is 0.421 e. The van der Waals surface area contributed by atoms with Crippen LogP contribution in [0.3, 0.4) is 0 Å². The van der Waals surface area contributed by atoms with Crippen molar-refractivity contribution in [2.24, 2.45) is 0 Å². The predicted octanol–water partition coefficient (Wildman–Crippen LogP) is 4.41. The maximum absolute atomic E-state index is 13.6. The molecule has 8 nitrogen and oxygen atoms in total. The molecule has 2 bridgehead atoms. The molecule has 12 heteroatoms. The van der Waals surface area contributed by atoms with Gasteiger partial charge in [-0.1, -0.05) is 0 Å². The van der Waals surface area contributed by atoms with Gasteiger partial charge < -0.3 is 19.4 Å². The molecular formula is C21H17F3N6O2S. The summed E-state index contributed by atoms with van der Waals surface area (Å²) in [7, 11) is 0.